The Hall–Kier alpha value is -3.16. The van der Waals surface area contributed by atoms with Crippen molar-refractivity contribution in [3.63, 3.8) is 0 Å². The predicted molar refractivity (Wildman–Crippen MR) is 98.0 cm³/mol. The number of nitrogens with zero attached hydrogens (tertiary/aromatic N) is 4. The molecule has 1 aliphatic rings. The maximum Gasteiger partial charge on any atom is 0.274 e. The standard InChI is InChI=1S/C19H22N4O4/c1-26-14-4-5-17(27-2)15(12-14)18(24)22-8-3-9-23(11-10-22)19(25)16-13-20-6-7-21-16/h4-7,12-13H,3,8-11H2,1-2H3. The van der Waals surface area contributed by atoms with E-state index in [2.05, 4.69) is 9.97 Å². The summed E-state index contributed by atoms with van der Waals surface area (Å²) in [6.45, 7) is 2.00. The maximum atomic E-state index is 13.0. The molecule has 0 aliphatic carbocycles. The lowest BCUT2D eigenvalue weighted by Crippen LogP contribution is -2.37. The molecule has 8 nitrogen and oxygen atoms in total. The molecule has 2 aromatic rings. The van der Waals surface area contributed by atoms with Gasteiger partial charge in [0.25, 0.3) is 11.8 Å². The first-order valence-electron chi connectivity index (χ1n) is 8.70. The Morgan fingerprint density at radius 3 is 2.33 bits per heavy atom. The zero-order chi connectivity index (χ0) is 19.2. The van der Waals surface area contributed by atoms with Gasteiger partial charge in [-0.15, -0.1) is 0 Å². The highest BCUT2D eigenvalue weighted by Crippen LogP contribution is 2.25. The van der Waals surface area contributed by atoms with Gasteiger partial charge in [0.1, 0.15) is 17.2 Å². The molecule has 2 amide bonds. The lowest BCUT2D eigenvalue weighted by atomic mass is 10.1. The molecule has 3 rings (SSSR count). The normalized spacial score (nSPS) is 14.4. The number of rotatable bonds is 4. The van der Waals surface area contributed by atoms with Gasteiger partial charge in [0.15, 0.2) is 0 Å². The Morgan fingerprint density at radius 2 is 1.70 bits per heavy atom. The summed E-state index contributed by atoms with van der Waals surface area (Å²) in [6.07, 6.45) is 5.17. The van der Waals surface area contributed by atoms with Gasteiger partial charge in [-0.1, -0.05) is 0 Å². The predicted octanol–water partition coefficient (Wildman–Crippen LogP) is 1.48. The Kier molecular flexibility index (Phi) is 5.85. The van der Waals surface area contributed by atoms with Crippen LogP contribution in [0.1, 0.15) is 27.3 Å². The lowest BCUT2D eigenvalue weighted by Gasteiger charge is -2.23. The molecular formula is C19H22N4O4. The number of carbonyl (C=O) groups is 2. The summed E-state index contributed by atoms with van der Waals surface area (Å²) in [4.78, 5) is 37.0. The molecule has 1 aromatic heterocycles. The summed E-state index contributed by atoms with van der Waals surface area (Å²) in [5, 5.41) is 0. The molecular weight excluding hydrogens is 348 g/mol. The molecule has 1 aromatic carbocycles. The van der Waals surface area contributed by atoms with Gasteiger partial charge < -0.3 is 19.3 Å². The third-order valence-corrected chi connectivity index (χ3v) is 4.49. The van der Waals surface area contributed by atoms with E-state index in [0.29, 0.717) is 55.4 Å². The molecule has 0 N–H and O–H groups in total. The summed E-state index contributed by atoms with van der Waals surface area (Å²) in [5.41, 5.74) is 0.761. The summed E-state index contributed by atoms with van der Waals surface area (Å²) in [6, 6.07) is 5.14. The van der Waals surface area contributed by atoms with Crippen molar-refractivity contribution in [3.05, 3.63) is 48.0 Å². The summed E-state index contributed by atoms with van der Waals surface area (Å²) < 4.78 is 10.5. The topological polar surface area (TPSA) is 84.9 Å². The molecule has 8 heteroatoms. The van der Waals surface area contributed by atoms with Crippen molar-refractivity contribution < 1.29 is 19.1 Å². The quantitative estimate of drug-likeness (QED) is 0.811. The largest absolute Gasteiger partial charge is 0.497 e. The number of aromatic nitrogens is 2. The van der Waals surface area contributed by atoms with E-state index in [4.69, 9.17) is 9.47 Å². The molecule has 0 unspecified atom stereocenters. The zero-order valence-electron chi connectivity index (χ0n) is 15.4. The summed E-state index contributed by atoms with van der Waals surface area (Å²) in [5.74, 6) is 0.780. The minimum Gasteiger partial charge on any atom is -0.497 e. The van der Waals surface area contributed by atoms with E-state index >= 15 is 0 Å². The van der Waals surface area contributed by atoms with Gasteiger partial charge in [-0.3, -0.25) is 14.6 Å². The number of hydrogen-bond donors (Lipinski definition) is 0. The second-order valence-corrected chi connectivity index (χ2v) is 6.09. The van der Waals surface area contributed by atoms with Crippen LogP contribution in [-0.2, 0) is 0 Å². The van der Waals surface area contributed by atoms with Gasteiger partial charge in [-0.2, -0.15) is 0 Å². The van der Waals surface area contributed by atoms with Crippen LogP contribution in [0.4, 0.5) is 0 Å². The van der Waals surface area contributed by atoms with Gasteiger partial charge >= 0.3 is 0 Å². The van der Waals surface area contributed by atoms with Crippen LogP contribution in [0.3, 0.4) is 0 Å². The fraction of sp³-hybridized carbons (Fsp3) is 0.368. The number of ether oxygens (including phenoxy) is 2. The number of hydrogen-bond acceptors (Lipinski definition) is 6. The molecule has 0 spiro atoms. The molecule has 1 saturated heterocycles. The summed E-state index contributed by atoms with van der Waals surface area (Å²) in [7, 11) is 3.08. The van der Waals surface area contributed by atoms with Crippen molar-refractivity contribution >= 4 is 11.8 Å². The fourth-order valence-electron chi connectivity index (χ4n) is 3.05. The second kappa shape index (κ2) is 8.48. The van der Waals surface area contributed by atoms with E-state index in [1.165, 1.54) is 25.7 Å². The van der Waals surface area contributed by atoms with Crippen LogP contribution in [0.15, 0.2) is 36.8 Å². The van der Waals surface area contributed by atoms with Gasteiger partial charge in [-0.05, 0) is 24.6 Å². The van der Waals surface area contributed by atoms with Crippen LogP contribution < -0.4 is 9.47 Å². The van der Waals surface area contributed by atoms with E-state index < -0.39 is 0 Å². The Balaban J connectivity index is 1.73. The highest BCUT2D eigenvalue weighted by molar-refractivity contribution is 5.97. The van der Waals surface area contributed by atoms with E-state index in [1.54, 1.807) is 35.1 Å². The number of benzene rings is 1. The van der Waals surface area contributed by atoms with Crippen molar-refractivity contribution in [2.45, 2.75) is 6.42 Å². The number of amides is 2. The Bertz CT molecular complexity index is 813. The first kappa shape index (κ1) is 18.6. The maximum absolute atomic E-state index is 13.0. The van der Waals surface area contributed by atoms with Gasteiger partial charge in [0.2, 0.25) is 0 Å². The average Bonchev–Trinajstić information content (AvgIpc) is 2.99. The van der Waals surface area contributed by atoms with Crippen LogP contribution in [0.5, 0.6) is 11.5 Å². The third-order valence-electron chi connectivity index (χ3n) is 4.49. The SMILES string of the molecule is COc1ccc(OC)c(C(=O)N2CCCN(C(=O)c3cnccn3)CC2)c1. The van der Waals surface area contributed by atoms with E-state index in [0.717, 1.165) is 0 Å². The monoisotopic (exact) mass is 370 g/mol. The summed E-state index contributed by atoms with van der Waals surface area (Å²) >= 11 is 0. The van der Waals surface area contributed by atoms with E-state index in [-0.39, 0.29) is 11.8 Å². The first-order chi connectivity index (χ1) is 13.1. The van der Waals surface area contributed by atoms with Crippen LogP contribution in [0, 0.1) is 0 Å². The Labute approximate surface area is 157 Å². The first-order valence-corrected chi connectivity index (χ1v) is 8.70. The van der Waals surface area contributed by atoms with Crippen molar-refractivity contribution in [2.24, 2.45) is 0 Å². The highest BCUT2D eigenvalue weighted by Gasteiger charge is 2.26. The van der Waals surface area contributed by atoms with Gasteiger partial charge in [0.05, 0.1) is 26.0 Å². The van der Waals surface area contributed by atoms with Gasteiger partial charge in [0, 0.05) is 38.6 Å². The smallest absolute Gasteiger partial charge is 0.274 e. The van der Waals surface area contributed by atoms with Crippen molar-refractivity contribution in [1.82, 2.24) is 19.8 Å². The average molecular weight is 370 g/mol. The lowest BCUT2D eigenvalue weighted by molar-refractivity contribution is 0.0713. The van der Waals surface area contributed by atoms with Crippen LogP contribution in [-0.4, -0.2) is 72.0 Å². The molecule has 142 valence electrons. The van der Waals surface area contributed by atoms with Crippen LogP contribution in [0.25, 0.3) is 0 Å². The second-order valence-electron chi connectivity index (χ2n) is 6.09. The fourth-order valence-corrected chi connectivity index (χ4v) is 3.05. The zero-order valence-corrected chi connectivity index (χ0v) is 15.4. The molecule has 0 atom stereocenters. The van der Waals surface area contributed by atoms with Gasteiger partial charge in [-0.25, -0.2) is 4.98 Å². The van der Waals surface area contributed by atoms with Crippen LogP contribution >= 0.6 is 0 Å². The van der Waals surface area contributed by atoms with Crippen molar-refractivity contribution in [1.29, 1.82) is 0 Å². The van der Waals surface area contributed by atoms with Crippen molar-refractivity contribution in [2.75, 3.05) is 40.4 Å². The van der Waals surface area contributed by atoms with Crippen molar-refractivity contribution in [3.8, 4) is 11.5 Å². The molecule has 27 heavy (non-hydrogen) atoms. The molecule has 1 fully saturated rings. The molecule has 1 aliphatic heterocycles. The molecule has 2 heterocycles. The molecule has 0 bridgehead atoms. The number of carbonyl (C=O) groups excluding carboxylic acids is 2. The van der Waals surface area contributed by atoms with Crippen LogP contribution in [0.2, 0.25) is 0 Å². The Morgan fingerprint density at radius 1 is 0.963 bits per heavy atom. The molecule has 0 radical (unpaired) electrons. The third kappa shape index (κ3) is 4.16. The number of methoxy groups -OCH3 is 2. The van der Waals surface area contributed by atoms with E-state index in [1.807, 2.05) is 0 Å². The highest BCUT2D eigenvalue weighted by atomic mass is 16.5. The minimum atomic E-state index is -0.170. The van der Waals surface area contributed by atoms with E-state index in [9.17, 15) is 9.59 Å². The minimum absolute atomic E-state index is 0.139. The molecule has 0 saturated carbocycles.